The summed E-state index contributed by atoms with van der Waals surface area (Å²) >= 11 is 0. The summed E-state index contributed by atoms with van der Waals surface area (Å²) in [7, 11) is 0. The quantitative estimate of drug-likeness (QED) is 0.880. The van der Waals surface area contributed by atoms with Gasteiger partial charge in [-0.15, -0.1) is 0 Å². The highest BCUT2D eigenvalue weighted by molar-refractivity contribution is 5.96. The molecule has 0 aromatic heterocycles. The zero-order valence-electron chi connectivity index (χ0n) is 13.0. The number of benzene rings is 2. The van der Waals surface area contributed by atoms with Gasteiger partial charge in [0.2, 0.25) is 0 Å². The van der Waals surface area contributed by atoms with Gasteiger partial charge in [0.1, 0.15) is 0 Å². The van der Waals surface area contributed by atoms with Crippen molar-refractivity contribution in [1.82, 2.24) is 0 Å². The van der Waals surface area contributed by atoms with Crippen LogP contribution >= 0.6 is 0 Å². The lowest BCUT2D eigenvalue weighted by Gasteiger charge is -2.11. The fraction of sp³-hybridized carbons (Fsp3) is 0.222. The standard InChI is InChI=1S/C18H19NO3/c1-12-7-9-15(10-8-12)18(21)22-11-16(20)19-17-13(2)5-4-6-14(17)3/h4-10H,11H2,1-3H3,(H,19,20). The van der Waals surface area contributed by atoms with E-state index >= 15 is 0 Å². The van der Waals surface area contributed by atoms with Crippen LogP contribution in [0.1, 0.15) is 27.0 Å². The Kier molecular flexibility index (Phi) is 4.94. The van der Waals surface area contributed by atoms with Crippen molar-refractivity contribution in [3.8, 4) is 0 Å². The molecule has 2 aromatic rings. The van der Waals surface area contributed by atoms with Crippen LogP contribution in [-0.4, -0.2) is 18.5 Å². The Bertz CT molecular complexity index is 670. The third-order valence-corrected chi connectivity index (χ3v) is 3.37. The summed E-state index contributed by atoms with van der Waals surface area (Å²) in [5.74, 6) is -0.852. The van der Waals surface area contributed by atoms with Crippen LogP contribution < -0.4 is 5.32 Å². The van der Waals surface area contributed by atoms with Crippen molar-refractivity contribution < 1.29 is 14.3 Å². The van der Waals surface area contributed by atoms with Crippen LogP contribution in [0.15, 0.2) is 42.5 Å². The average molecular weight is 297 g/mol. The van der Waals surface area contributed by atoms with Crippen molar-refractivity contribution in [2.24, 2.45) is 0 Å². The highest BCUT2D eigenvalue weighted by atomic mass is 16.5. The van der Waals surface area contributed by atoms with Crippen LogP contribution in [0.3, 0.4) is 0 Å². The van der Waals surface area contributed by atoms with Crippen LogP contribution in [0, 0.1) is 20.8 Å². The molecule has 0 heterocycles. The van der Waals surface area contributed by atoms with E-state index in [2.05, 4.69) is 5.32 Å². The van der Waals surface area contributed by atoms with E-state index in [0.29, 0.717) is 5.56 Å². The first kappa shape index (κ1) is 15.8. The van der Waals surface area contributed by atoms with Gasteiger partial charge >= 0.3 is 5.97 Å². The summed E-state index contributed by atoms with van der Waals surface area (Å²) in [6.07, 6.45) is 0. The molecular formula is C18H19NO3. The molecule has 0 saturated carbocycles. The molecular weight excluding hydrogens is 278 g/mol. The lowest BCUT2D eigenvalue weighted by molar-refractivity contribution is -0.119. The first-order valence-electron chi connectivity index (χ1n) is 7.07. The Hall–Kier alpha value is -2.62. The Balaban J connectivity index is 1.93. The van der Waals surface area contributed by atoms with E-state index in [9.17, 15) is 9.59 Å². The molecule has 1 amide bonds. The first-order chi connectivity index (χ1) is 10.5. The largest absolute Gasteiger partial charge is 0.452 e. The Morgan fingerprint density at radius 1 is 0.955 bits per heavy atom. The first-order valence-corrected chi connectivity index (χ1v) is 7.07. The number of esters is 1. The molecule has 0 aliphatic heterocycles. The molecule has 0 radical (unpaired) electrons. The molecule has 22 heavy (non-hydrogen) atoms. The summed E-state index contributed by atoms with van der Waals surface area (Å²) < 4.78 is 5.03. The zero-order valence-corrected chi connectivity index (χ0v) is 13.0. The van der Waals surface area contributed by atoms with Crippen molar-refractivity contribution in [2.45, 2.75) is 20.8 Å². The fourth-order valence-corrected chi connectivity index (χ4v) is 2.09. The monoisotopic (exact) mass is 297 g/mol. The van der Waals surface area contributed by atoms with Crippen molar-refractivity contribution in [3.63, 3.8) is 0 Å². The van der Waals surface area contributed by atoms with Gasteiger partial charge < -0.3 is 10.1 Å². The van der Waals surface area contributed by atoms with Gasteiger partial charge in [-0.3, -0.25) is 4.79 Å². The predicted molar refractivity (Wildman–Crippen MR) is 86.0 cm³/mol. The molecule has 4 heteroatoms. The molecule has 0 bridgehead atoms. The molecule has 2 rings (SSSR count). The third-order valence-electron chi connectivity index (χ3n) is 3.37. The topological polar surface area (TPSA) is 55.4 Å². The Morgan fingerprint density at radius 3 is 2.14 bits per heavy atom. The van der Waals surface area contributed by atoms with E-state index < -0.39 is 5.97 Å². The van der Waals surface area contributed by atoms with E-state index in [-0.39, 0.29) is 12.5 Å². The van der Waals surface area contributed by atoms with Crippen molar-refractivity contribution in [3.05, 3.63) is 64.7 Å². The summed E-state index contributed by atoms with van der Waals surface area (Å²) in [4.78, 5) is 23.8. The molecule has 0 fully saturated rings. The minimum Gasteiger partial charge on any atom is -0.452 e. The summed E-state index contributed by atoms with van der Waals surface area (Å²) in [5, 5.41) is 2.78. The van der Waals surface area contributed by atoms with Crippen LogP contribution in [0.25, 0.3) is 0 Å². The van der Waals surface area contributed by atoms with E-state index in [0.717, 1.165) is 22.4 Å². The van der Waals surface area contributed by atoms with E-state index in [1.165, 1.54) is 0 Å². The van der Waals surface area contributed by atoms with Gasteiger partial charge in [0.05, 0.1) is 5.56 Å². The molecule has 0 spiro atoms. The number of rotatable bonds is 4. The number of ether oxygens (including phenoxy) is 1. The number of nitrogens with one attached hydrogen (secondary N) is 1. The lowest BCUT2D eigenvalue weighted by Crippen LogP contribution is -2.21. The van der Waals surface area contributed by atoms with Crippen molar-refractivity contribution in [1.29, 1.82) is 0 Å². The van der Waals surface area contributed by atoms with Crippen LogP contribution in [0.5, 0.6) is 0 Å². The molecule has 114 valence electrons. The number of hydrogen-bond acceptors (Lipinski definition) is 3. The summed E-state index contributed by atoms with van der Waals surface area (Å²) in [5.41, 5.74) is 4.20. The van der Waals surface area contributed by atoms with Gasteiger partial charge in [-0.05, 0) is 44.0 Å². The second-order valence-electron chi connectivity index (χ2n) is 5.26. The van der Waals surface area contributed by atoms with Gasteiger partial charge in [-0.1, -0.05) is 35.9 Å². The normalized spacial score (nSPS) is 10.1. The number of carbonyl (C=O) groups is 2. The second-order valence-corrected chi connectivity index (χ2v) is 5.26. The SMILES string of the molecule is Cc1ccc(C(=O)OCC(=O)Nc2c(C)cccc2C)cc1. The number of carbonyl (C=O) groups excluding carboxylic acids is 2. The van der Waals surface area contributed by atoms with Gasteiger partial charge in [0.15, 0.2) is 6.61 Å². The van der Waals surface area contributed by atoms with E-state index in [1.54, 1.807) is 12.1 Å². The van der Waals surface area contributed by atoms with E-state index in [4.69, 9.17) is 4.74 Å². The van der Waals surface area contributed by atoms with E-state index in [1.807, 2.05) is 51.1 Å². The number of aryl methyl sites for hydroxylation is 3. The molecule has 0 unspecified atom stereocenters. The predicted octanol–water partition coefficient (Wildman–Crippen LogP) is 3.41. The molecule has 1 N–H and O–H groups in total. The van der Waals surface area contributed by atoms with Gasteiger partial charge in [0.25, 0.3) is 5.91 Å². The minimum atomic E-state index is -0.503. The molecule has 4 nitrogen and oxygen atoms in total. The van der Waals surface area contributed by atoms with Crippen LogP contribution in [0.2, 0.25) is 0 Å². The average Bonchev–Trinajstić information content (AvgIpc) is 2.49. The maximum atomic E-state index is 11.9. The lowest BCUT2D eigenvalue weighted by atomic mass is 10.1. The highest BCUT2D eigenvalue weighted by Crippen LogP contribution is 2.19. The third kappa shape index (κ3) is 3.95. The number of hydrogen-bond donors (Lipinski definition) is 1. The number of para-hydroxylation sites is 1. The van der Waals surface area contributed by atoms with Gasteiger partial charge in [-0.25, -0.2) is 4.79 Å². The van der Waals surface area contributed by atoms with Crippen molar-refractivity contribution >= 4 is 17.6 Å². The summed E-state index contributed by atoms with van der Waals surface area (Å²) in [6, 6.07) is 12.8. The smallest absolute Gasteiger partial charge is 0.338 e. The molecule has 0 aliphatic rings. The molecule has 0 atom stereocenters. The number of anilines is 1. The summed E-state index contributed by atoms with van der Waals surface area (Å²) in [6.45, 7) is 5.47. The molecule has 2 aromatic carbocycles. The Morgan fingerprint density at radius 2 is 1.55 bits per heavy atom. The second kappa shape index (κ2) is 6.89. The molecule has 0 saturated heterocycles. The van der Waals surface area contributed by atoms with Crippen LogP contribution in [-0.2, 0) is 9.53 Å². The minimum absolute atomic E-state index is 0.305. The van der Waals surface area contributed by atoms with Crippen molar-refractivity contribution in [2.75, 3.05) is 11.9 Å². The Labute approximate surface area is 130 Å². The van der Waals surface area contributed by atoms with Crippen LogP contribution in [0.4, 0.5) is 5.69 Å². The molecule has 0 aliphatic carbocycles. The zero-order chi connectivity index (χ0) is 16.1. The highest BCUT2D eigenvalue weighted by Gasteiger charge is 2.11. The maximum absolute atomic E-state index is 11.9. The maximum Gasteiger partial charge on any atom is 0.338 e. The number of amides is 1. The fourth-order valence-electron chi connectivity index (χ4n) is 2.09. The van der Waals surface area contributed by atoms with Gasteiger partial charge in [-0.2, -0.15) is 0 Å². The van der Waals surface area contributed by atoms with Gasteiger partial charge in [0, 0.05) is 5.69 Å².